The van der Waals surface area contributed by atoms with Crippen molar-refractivity contribution in [1.82, 2.24) is 8.87 Å². The molecule has 1 heterocycles. The predicted octanol–water partition coefficient (Wildman–Crippen LogP) is 2.83. The number of fused-ring (bicyclic) bond motifs is 1. The van der Waals surface area contributed by atoms with Gasteiger partial charge in [-0.1, -0.05) is 17.4 Å². The first-order chi connectivity index (χ1) is 18.3. The number of methoxy groups -OCH3 is 1. The fourth-order valence-electron chi connectivity index (χ4n) is 3.57. The second kappa shape index (κ2) is 13.0. The third kappa shape index (κ3) is 6.44. The fourth-order valence-corrected chi connectivity index (χ4v) is 6.05. The molecule has 0 aliphatic rings. The van der Waals surface area contributed by atoms with Crippen LogP contribution < -0.4 is 9.54 Å². The van der Waals surface area contributed by atoms with Crippen LogP contribution in [0.4, 0.5) is 0 Å². The van der Waals surface area contributed by atoms with Crippen LogP contribution in [0.1, 0.15) is 30.1 Å². The lowest BCUT2D eigenvalue weighted by atomic mass is 10.2. The maximum absolute atomic E-state index is 13.0. The first-order valence-electron chi connectivity index (χ1n) is 11.5. The standard InChI is InChI=1S/C25H25N5O6S2/c1-3-36-20-7-4-8-21-23(20)30(17-22(31)35-2)25(37-21)28-24(32)18-9-11-19(12-10-18)38(33,34)29(15-5-13-26)16-6-14-27/h4,7-12H,3,5-6,15-17H2,1-2H3. The zero-order valence-electron chi connectivity index (χ0n) is 20.8. The average molecular weight is 556 g/mol. The Morgan fingerprint density at radius 2 is 1.74 bits per heavy atom. The first-order valence-corrected chi connectivity index (χ1v) is 13.8. The van der Waals surface area contributed by atoms with E-state index in [1.165, 1.54) is 42.7 Å². The number of sulfonamides is 1. The summed E-state index contributed by atoms with van der Waals surface area (Å²) < 4.78 is 39.9. The quantitative estimate of drug-likeness (QED) is 0.327. The van der Waals surface area contributed by atoms with E-state index < -0.39 is 21.9 Å². The van der Waals surface area contributed by atoms with Crippen LogP contribution in [0.5, 0.6) is 5.75 Å². The van der Waals surface area contributed by atoms with Crippen molar-refractivity contribution in [2.75, 3.05) is 26.8 Å². The van der Waals surface area contributed by atoms with Crippen LogP contribution in [0.2, 0.25) is 0 Å². The number of carbonyl (C=O) groups excluding carboxylic acids is 2. The molecule has 3 aromatic rings. The predicted molar refractivity (Wildman–Crippen MR) is 139 cm³/mol. The highest BCUT2D eigenvalue weighted by atomic mass is 32.2. The van der Waals surface area contributed by atoms with Gasteiger partial charge in [0.2, 0.25) is 10.0 Å². The van der Waals surface area contributed by atoms with Gasteiger partial charge in [0.15, 0.2) is 4.80 Å². The van der Waals surface area contributed by atoms with Crippen molar-refractivity contribution in [3.8, 4) is 17.9 Å². The third-order valence-corrected chi connectivity index (χ3v) is 8.32. The Labute approximate surface area is 223 Å². The Kier molecular flexibility index (Phi) is 9.73. The van der Waals surface area contributed by atoms with Gasteiger partial charge in [-0.15, -0.1) is 0 Å². The number of benzene rings is 2. The Hall–Kier alpha value is -4.04. The molecule has 0 aliphatic carbocycles. The Balaban J connectivity index is 1.99. The molecule has 0 atom stereocenters. The van der Waals surface area contributed by atoms with Crippen molar-refractivity contribution in [1.29, 1.82) is 10.5 Å². The summed E-state index contributed by atoms with van der Waals surface area (Å²) in [4.78, 5) is 29.5. The maximum atomic E-state index is 13.0. The second-order valence-electron chi connectivity index (χ2n) is 7.74. The lowest BCUT2D eigenvalue weighted by Gasteiger charge is -2.20. The summed E-state index contributed by atoms with van der Waals surface area (Å²) in [5.74, 6) is -0.634. The summed E-state index contributed by atoms with van der Waals surface area (Å²) in [5.41, 5.74) is 0.740. The van der Waals surface area contributed by atoms with Crippen LogP contribution in [0.25, 0.3) is 10.2 Å². The highest BCUT2D eigenvalue weighted by Gasteiger charge is 2.24. The molecular formula is C25H25N5O6S2. The second-order valence-corrected chi connectivity index (χ2v) is 10.7. The highest BCUT2D eigenvalue weighted by Crippen LogP contribution is 2.28. The Bertz CT molecular complexity index is 1560. The van der Waals surface area contributed by atoms with Crippen molar-refractivity contribution in [3.63, 3.8) is 0 Å². The molecule has 1 amide bonds. The van der Waals surface area contributed by atoms with E-state index in [1.54, 1.807) is 16.7 Å². The number of amides is 1. The molecule has 1 aromatic heterocycles. The van der Waals surface area contributed by atoms with E-state index in [1.807, 2.05) is 25.1 Å². The van der Waals surface area contributed by atoms with E-state index in [-0.39, 0.29) is 47.7 Å². The molecule has 13 heteroatoms. The molecule has 0 N–H and O–H groups in total. The summed E-state index contributed by atoms with van der Waals surface area (Å²) in [7, 11) is -2.71. The summed E-state index contributed by atoms with van der Waals surface area (Å²) in [5, 5.41) is 17.7. The van der Waals surface area contributed by atoms with Gasteiger partial charge in [0.1, 0.15) is 17.8 Å². The number of para-hydroxylation sites is 1. The van der Waals surface area contributed by atoms with Gasteiger partial charge in [-0.05, 0) is 43.3 Å². The van der Waals surface area contributed by atoms with Crippen LogP contribution in [0, 0.1) is 22.7 Å². The molecule has 0 radical (unpaired) electrons. The van der Waals surface area contributed by atoms with Gasteiger partial charge in [0.05, 0.1) is 35.5 Å². The molecule has 0 saturated carbocycles. The van der Waals surface area contributed by atoms with Crippen molar-refractivity contribution in [3.05, 3.63) is 52.8 Å². The highest BCUT2D eigenvalue weighted by molar-refractivity contribution is 7.89. The van der Waals surface area contributed by atoms with Crippen LogP contribution >= 0.6 is 11.3 Å². The van der Waals surface area contributed by atoms with Crippen molar-refractivity contribution < 1.29 is 27.5 Å². The van der Waals surface area contributed by atoms with Crippen molar-refractivity contribution >= 4 is 43.5 Å². The molecule has 38 heavy (non-hydrogen) atoms. The van der Waals surface area contributed by atoms with Crippen LogP contribution in [0.15, 0.2) is 52.4 Å². The zero-order chi connectivity index (χ0) is 27.7. The zero-order valence-corrected chi connectivity index (χ0v) is 22.4. The van der Waals surface area contributed by atoms with Gasteiger partial charge < -0.3 is 14.0 Å². The smallest absolute Gasteiger partial charge is 0.325 e. The van der Waals surface area contributed by atoms with Gasteiger partial charge in [-0.25, -0.2) is 8.42 Å². The molecule has 0 bridgehead atoms. The molecule has 11 nitrogen and oxygen atoms in total. The molecule has 0 aliphatic heterocycles. The average Bonchev–Trinajstić information content (AvgIpc) is 3.26. The van der Waals surface area contributed by atoms with Gasteiger partial charge in [0, 0.05) is 31.5 Å². The van der Waals surface area contributed by atoms with Crippen LogP contribution in [0.3, 0.4) is 0 Å². The van der Waals surface area contributed by atoms with Crippen LogP contribution in [-0.2, 0) is 26.1 Å². The van der Waals surface area contributed by atoms with Gasteiger partial charge >= 0.3 is 5.97 Å². The van der Waals surface area contributed by atoms with Crippen LogP contribution in [-0.4, -0.2) is 56.0 Å². The molecule has 0 fully saturated rings. The number of rotatable bonds is 11. The topological polar surface area (TPSA) is 155 Å². The number of esters is 1. The number of ether oxygens (including phenoxy) is 2. The minimum Gasteiger partial charge on any atom is -0.492 e. The Morgan fingerprint density at radius 3 is 2.32 bits per heavy atom. The van der Waals surface area contributed by atoms with E-state index >= 15 is 0 Å². The summed E-state index contributed by atoms with van der Waals surface area (Å²) in [6.45, 7) is 1.95. The SMILES string of the molecule is CCOc1cccc2sc(=NC(=O)c3ccc(S(=O)(=O)N(CCC#N)CCC#N)cc3)n(CC(=O)OC)c12. The number of nitriles is 2. The lowest BCUT2D eigenvalue weighted by Crippen LogP contribution is -2.32. The maximum Gasteiger partial charge on any atom is 0.325 e. The van der Waals surface area contributed by atoms with E-state index in [2.05, 4.69) is 4.99 Å². The minimum atomic E-state index is -3.98. The first kappa shape index (κ1) is 28.5. The fraction of sp³-hybridized carbons (Fsp3) is 0.320. The molecule has 3 rings (SSSR count). The van der Waals surface area contributed by atoms with Gasteiger partial charge in [-0.2, -0.15) is 19.8 Å². The lowest BCUT2D eigenvalue weighted by molar-refractivity contribution is -0.141. The van der Waals surface area contributed by atoms with E-state index in [0.717, 1.165) is 9.01 Å². The van der Waals surface area contributed by atoms with E-state index in [4.69, 9.17) is 20.0 Å². The number of hydrogen-bond acceptors (Lipinski definition) is 9. The molecule has 0 unspecified atom stereocenters. The number of carbonyl (C=O) groups is 2. The monoisotopic (exact) mass is 555 g/mol. The van der Waals surface area contributed by atoms with Gasteiger partial charge in [-0.3, -0.25) is 9.59 Å². The summed E-state index contributed by atoms with van der Waals surface area (Å²) in [6.07, 6.45) is -0.0439. The summed E-state index contributed by atoms with van der Waals surface area (Å²) >= 11 is 1.20. The number of hydrogen-bond donors (Lipinski definition) is 0. The largest absolute Gasteiger partial charge is 0.492 e. The minimum absolute atomic E-state index is 0.0220. The normalized spacial score (nSPS) is 11.8. The molecule has 198 valence electrons. The van der Waals surface area contributed by atoms with E-state index in [0.29, 0.717) is 17.9 Å². The van der Waals surface area contributed by atoms with E-state index in [9.17, 15) is 18.0 Å². The van der Waals surface area contributed by atoms with Gasteiger partial charge in [0.25, 0.3) is 5.91 Å². The number of thiazole rings is 1. The van der Waals surface area contributed by atoms with Crippen molar-refractivity contribution in [2.45, 2.75) is 31.2 Å². The molecule has 0 saturated heterocycles. The third-order valence-electron chi connectivity index (χ3n) is 5.36. The number of nitrogens with zero attached hydrogens (tertiary/aromatic N) is 5. The molecule has 0 spiro atoms. The molecular weight excluding hydrogens is 530 g/mol. The summed E-state index contributed by atoms with van der Waals surface area (Å²) in [6, 6.07) is 14.4. The van der Waals surface area contributed by atoms with Crippen molar-refractivity contribution in [2.24, 2.45) is 4.99 Å². The molecule has 2 aromatic carbocycles. The Morgan fingerprint density at radius 1 is 1.08 bits per heavy atom. The number of aromatic nitrogens is 1.